The molecule has 3 rings (SSSR count). The number of benzene rings is 2. The molecule has 1 aliphatic rings. The number of carbonyl (C=O) groups excluding carboxylic acids is 1. The fourth-order valence-electron chi connectivity index (χ4n) is 3.23. The molecule has 1 N–H and O–H groups in total. The molecule has 1 atom stereocenters. The highest BCUT2D eigenvalue weighted by Crippen LogP contribution is 2.26. The van der Waals surface area contributed by atoms with Gasteiger partial charge in [-0.1, -0.05) is 12.1 Å². The van der Waals surface area contributed by atoms with Crippen LogP contribution >= 0.6 is 0 Å². The molecule has 5 heteroatoms. The van der Waals surface area contributed by atoms with Crippen LogP contribution in [-0.2, 0) is 0 Å². The third-order valence-electron chi connectivity index (χ3n) is 4.64. The minimum atomic E-state index is -0.343. The van der Waals surface area contributed by atoms with Gasteiger partial charge in [0.25, 0.3) is 5.91 Å². The van der Waals surface area contributed by atoms with Crippen molar-refractivity contribution in [3.05, 3.63) is 65.5 Å². The van der Waals surface area contributed by atoms with Crippen molar-refractivity contribution < 1.29 is 13.9 Å². The number of nitrogens with zero attached hydrogens (tertiary/aromatic N) is 1. The first-order valence-corrected chi connectivity index (χ1v) is 8.59. The summed E-state index contributed by atoms with van der Waals surface area (Å²) in [6.07, 6.45) is 2.36. The molecule has 0 unspecified atom stereocenters. The van der Waals surface area contributed by atoms with Gasteiger partial charge in [0.15, 0.2) is 0 Å². The van der Waals surface area contributed by atoms with E-state index in [0.717, 1.165) is 24.4 Å². The van der Waals surface area contributed by atoms with Crippen LogP contribution in [-0.4, -0.2) is 37.6 Å². The number of hydrogen-bond acceptors (Lipinski definition) is 3. The third kappa shape index (κ3) is 4.37. The van der Waals surface area contributed by atoms with Gasteiger partial charge >= 0.3 is 0 Å². The molecule has 1 aliphatic heterocycles. The fraction of sp³-hybridized carbons (Fsp3) is 0.350. The number of amides is 1. The lowest BCUT2D eigenvalue weighted by atomic mass is 10.0. The SMILES string of the molecule is COc1ccc([C@@H](CNC(=O)c2ccc(F)cc2)N2CCCC2)cc1. The Hall–Kier alpha value is -2.40. The van der Waals surface area contributed by atoms with Crippen LogP contribution in [0.4, 0.5) is 4.39 Å². The van der Waals surface area contributed by atoms with Crippen LogP contribution in [0.2, 0.25) is 0 Å². The van der Waals surface area contributed by atoms with Crippen LogP contribution in [0.3, 0.4) is 0 Å². The first-order chi connectivity index (χ1) is 12.2. The maximum Gasteiger partial charge on any atom is 0.251 e. The number of rotatable bonds is 6. The van der Waals surface area contributed by atoms with Crippen LogP contribution in [0.1, 0.15) is 34.8 Å². The summed E-state index contributed by atoms with van der Waals surface area (Å²) in [5.74, 6) is 0.293. The highest BCUT2D eigenvalue weighted by atomic mass is 19.1. The summed E-state index contributed by atoms with van der Waals surface area (Å²) < 4.78 is 18.2. The zero-order valence-corrected chi connectivity index (χ0v) is 14.4. The van der Waals surface area contributed by atoms with Crippen LogP contribution in [0, 0.1) is 5.82 Å². The summed E-state index contributed by atoms with van der Waals surface area (Å²) in [4.78, 5) is 14.7. The molecule has 0 aromatic heterocycles. The van der Waals surface area contributed by atoms with E-state index in [1.165, 1.54) is 37.1 Å². The molecule has 0 saturated carbocycles. The monoisotopic (exact) mass is 342 g/mol. The lowest BCUT2D eigenvalue weighted by Crippen LogP contribution is -2.36. The predicted molar refractivity (Wildman–Crippen MR) is 95.3 cm³/mol. The van der Waals surface area contributed by atoms with Gasteiger partial charge in [-0.2, -0.15) is 0 Å². The van der Waals surface area contributed by atoms with Gasteiger partial charge in [-0.05, 0) is 67.9 Å². The fourth-order valence-corrected chi connectivity index (χ4v) is 3.23. The number of methoxy groups -OCH3 is 1. The highest BCUT2D eigenvalue weighted by Gasteiger charge is 2.24. The molecule has 1 fully saturated rings. The van der Waals surface area contributed by atoms with Crippen LogP contribution < -0.4 is 10.1 Å². The van der Waals surface area contributed by atoms with E-state index in [2.05, 4.69) is 10.2 Å². The van der Waals surface area contributed by atoms with E-state index >= 15 is 0 Å². The third-order valence-corrected chi connectivity index (χ3v) is 4.64. The summed E-state index contributed by atoms with van der Waals surface area (Å²) in [5, 5.41) is 2.99. The van der Waals surface area contributed by atoms with Gasteiger partial charge in [0.2, 0.25) is 0 Å². The Balaban J connectivity index is 1.70. The topological polar surface area (TPSA) is 41.6 Å². The van der Waals surface area contributed by atoms with E-state index in [9.17, 15) is 9.18 Å². The van der Waals surface area contributed by atoms with Gasteiger partial charge in [-0.15, -0.1) is 0 Å². The maximum absolute atomic E-state index is 13.0. The largest absolute Gasteiger partial charge is 0.497 e. The smallest absolute Gasteiger partial charge is 0.251 e. The van der Waals surface area contributed by atoms with E-state index in [4.69, 9.17) is 4.74 Å². The average Bonchev–Trinajstić information content (AvgIpc) is 3.17. The Morgan fingerprint density at radius 3 is 2.36 bits per heavy atom. The summed E-state index contributed by atoms with van der Waals surface area (Å²) >= 11 is 0. The molecule has 1 amide bonds. The zero-order chi connectivity index (χ0) is 17.6. The molecule has 0 radical (unpaired) electrons. The second-order valence-electron chi connectivity index (χ2n) is 6.25. The first kappa shape index (κ1) is 17.4. The van der Waals surface area contributed by atoms with Crippen LogP contribution in [0.5, 0.6) is 5.75 Å². The van der Waals surface area contributed by atoms with E-state index in [0.29, 0.717) is 12.1 Å². The van der Waals surface area contributed by atoms with E-state index < -0.39 is 0 Å². The second kappa shape index (κ2) is 8.12. The van der Waals surface area contributed by atoms with Crippen molar-refractivity contribution in [1.29, 1.82) is 0 Å². The Morgan fingerprint density at radius 1 is 1.12 bits per heavy atom. The van der Waals surface area contributed by atoms with Crippen molar-refractivity contribution in [2.45, 2.75) is 18.9 Å². The van der Waals surface area contributed by atoms with E-state index in [-0.39, 0.29) is 17.8 Å². The van der Waals surface area contributed by atoms with Crippen molar-refractivity contribution in [3.63, 3.8) is 0 Å². The first-order valence-electron chi connectivity index (χ1n) is 8.59. The van der Waals surface area contributed by atoms with Gasteiger partial charge in [-0.3, -0.25) is 9.69 Å². The number of hydrogen-bond donors (Lipinski definition) is 1. The minimum absolute atomic E-state index is 0.123. The molecule has 4 nitrogen and oxygen atoms in total. The van der Waals surface area contributed by atoms with Crippen molar-refractivity contribution in [3.8, 4) is 5.75 Å². The molecular weight excluding hydrogens is 319 g/mol. The lowest BCUT2D eigenvalue weighted by molar-refractivity contribution is 0.0938. The Kier molecular flexibility index (Phi) is 5.66. The molecular formula is C20H23FN2O2. The van der Waals surface area contributed by atoms with Crippen molar-refractivity contribution >= 4 is 5.91 Å². The standard InChI is InChI=1S/C20H23FN2O2/c1-25-18-10-6-15(7-11-18)19(23-12-2-3-13-23)14-22-20(24)16-4-8-17(21)9-5-16/h4-11,19H,2-3,12-14H2,1H3,(H,22,24)/t19-/m1/s1. The summed E-state index contributed by atoms with van der Waals surface area (Å²) in [6.45, 7) is 2.58. The number of carbonyl (C=O) groups is 1. The number of nitrogens with one attached hydrogen (secondary N) is 1. The summed E-state index contributed by atoms with van der Waals surface area (Å²) in [6, 6.07) is 13.7. The molecule has 132 valence electrons. The predicted octanol–water partition coefficient (Wildman–Crippen LogP) is 3.40. The number of likely N-dealkylation sites (tertiary alicyclic amines) is 1. The lowest BCUT2D eigenvalue weighted by Gasteiger charge is -2.28. The van der Waals surface area contributed by atoms with Crippen molar-refractivity contribution in [1.82, 2.24) is 10.2 Å². The summed E-state index contributed by atoms with van der Waals surface area (Å²) in [5.41, 5.74) is 1.62. The normalized spacial score (nSPS) is 15.8. The molecule has 0 bridgehead atoms. The van der Waals surface area contributed by atoms with Gasteiger partial charge in [0, 0.05) is 12.1 Å². The zero-order valence-electron chi connectivity index (χ0n) is 14.4. The molecule has 0 spiro atoms. The van der Waals surface area contributed by atoms with Crippen molar-refractivity contribution in [2.24, 2.45) is 0 Å². The maximum atomic E-state index is 13.0. The molecule has 1 heterocycles. The highest BCUT2D eigenvalue weighted by molar-refractivity contribution is 5.94. The number of ether oxygens (including phenoxy) is 1. The molecule has 25 heavy (non-hydrogen) atoms. The molecule has 2 aromatic rings. The molecule has 1 saturated heterocycles. The van der Waals surface area contributed by atoms with Crippen molar-refractivity contribution in [2.75, 3.05) is 26.7 Å². The van der Waals surface area contributed by atoms with Gasteiger partial charge < -0.3 is 10.1 Å². The average molecular weight is 342 g/mol. The van der Waals surface area contributed by atoms with E-state index in [1.807, 2.05) is 24.3 Å². The molecule has 0 aliphatic carbocycles. The number of halogens is 1. The van der Waals surface area contributed by atoms with Gasteiger partial charge in [0.1, 0.15) is 11.6 Å². The summed E-state index contributed by atoms with van der Waals surface area (Å²) in [7, 11) is 1.65. The minimum Gasteiger partial charge on any atom is -0.497 e. The van der Waals surface area contributed by atoms with E-state index in [1.54, 1.807) is 7.11 Å². The van der Waals surface area contributed by atoms with Crippen LogP contribution in [0.15, 0.2) is 48.5 Å². The van der Waals surface area contributed by atoms with Gasteiger partial charge in [0.05, 0.1) is 13.2 Å². The Bertz CT molecular complexity index is 695. The molecule has 2 aromatic carbocycles. The Morgan fingerprint density at radius 2 is 1.76 bits per heavy atom. The van der Waals surface area contributed by atoms with Crippen LogP contribution in [0.25, 0.3) is 0 Å². The second-order valence-corrected chi connectivity index (χ2v) is 6.25. The Labute approximate surface area is 147 Å². The van der Waals surface area contributed by atoms with Gasteiger partial charge in [-0.25, -0.2) is 4.39 Å². The quantitative estimate of drug-likeness (QED) is 0.875.